The number of hydrogen-bond acceptors (Lipinski definition) is 10. The zero-order valence-corrected chi connectivity index (χ0v) is 20.0. The maximum Gasteiger partial charge on any atom is 0.194 e. The van der Waals surface area contributed by atoms with E-state index < -0.39 is 54.5 Å². The van der Waals surface area contributed by atoms with Crippen LogP contribution in [-0.4, -0.2) is 75.0 Å². The third-order valence-corrected chi connectivity index (χ3v) is 7.17. The van der Waals surface area contributed by atoms with Crippen LogP contribution in [0.4, 0.5) is 13.2 Å². The molecule has 11 nitrogen and oxygen atoms in total. The van der Waals surface area contributed by atoms with Gasteiger partial charge in [-0.1, -0.05) is 5.21 Å². The van der Waals surface area contributed by atoms with Crippen LogP contribution >= 0.6 is 11.3 Å². The van der Waals surface area contributed by atoms with Gasteiger partial charge in [-0.25, -0.2) is 32.5 Å². The summed E-state index contributed by atoms with van der Waals surface area (Å²) in [6.45, 7) is -0.599. The Morgan fingerprint density at radius 1 is 1.03 bits per heavy atom. The summed E-state index contributed by atoms with van der Waals surface area (Å²) in [5, 5.41) is 44.2. The molecule has 5 atom stereocenters. The molecule has 4 heterocycles. The monoisotopic (exact) mass is 545 g/mol. The fourth-order valence-corrected chi connectivity index (χ4v) is 5.22. The van der Waals surface area contributed by atoms with Gasteiger partial charge in [-0.05, 0) is 30.3 Å². The second-order valence-electron chi connectivity index (χ2n) is 8.62. The van der Waals surface area contributed by atoms with E-state index >= 15 is 0 Å². The standard InChI is InChI=1S/C23H18F3N7O4S/c24-12-3-10(4-13(25)18(12)26)15-6-32(31-30-15)19-20(35)16(7-34)37-22(21(19)36)23-27-8-29-33(23)11-1-2-14-17(5-11)38-9-28-14/h1-6,8-9,16,19-22,34-36H,7H2/t16-,19+,20+,21-,22-/m1/s1. The summed E-state index contributed by atoms with van der Waals surface area (Å²) in [7, 11) is 0. The molecule has 0 bridgehead atoms. The molecule has 0 saturated carbocycles. The molecule has 5 aromatic rings. The Bertz CT molecular complexity index is 1600. The Morgan fingerprint density at radius 3 is 2.58 bits per heavy atom. The lowest BCUT2D eigenvalue weighted by molar-refractivity contribution is -0.210. The van der Waals surface area contributed by atoms with Crippen LogP contribution in [0, 0.1) is 17.5 Å². The SMILES string of the molecule is OC[C@H]1O[C@@H](c2ncnn2-c2ccc3ncsc3c2)[C@H](O)[C@@H](n2cc(-c3cc(F)c(F)c(F)c3)nn2)[C@H]1O. The molecule has 6 rings (SSSR count). The van der Waals surface area contributed by atoms with Crippen molar-refractivity contribution in [2.24, 2.45) is 0 Å². The third kappa shape index (κ3) is 4.04. The van der Waals surface area contributed by atoms with E-state index in [0.29, 0.717) is 5.69 Å². The highest BCUT2D eigenvalue weighted by Crippen LogP contribution is 2.38. The first-order chi connectivity index (χ1) is 18.4. The van der Waals surface area contributed by atoms with Crippen LogP contribution in [0.25, 0.3) is 27.2 Å². The van der Waals surface area contributed by atoms with Gasteiger partial charge in [0, 0.05) is 5.56 Å². The molecule has 3 N–H and O–H groups in total. The summed E-state index contributed by atoms with van der Waals surface area (Å²) in [4.78, 5) is 8.52. The van der Waals surface area contributed by atoms with Gasteiger partial charge in [0.15, 0.2) is 23.3 Å². The molecule has 1 aliphatic heterocycles. The highest BCUT2D eigenvalue weighted by atomic mass is 32.1. The molecule has 1 saturated heterocycles. The maximum absolute atomic E-state index is 13.7. The van der Waals surface area contributed by atoms with Crippen LogP contribution in [0.15, 0.2) is 48.4 Å². The number of nitrogens with zero attached hydrogens (tertiary/aromatic N) is 7. The number of hydrogen-bond donors (Lipinski definition) is 3. The molecular formula is C23H18F3N7O4S. The summed E-state index contributed by atoms with van der Waals surface area (Å²) in [6.07, 6.45) is -2.74. The molecule has 0 spiro atoms. The van der Waals surface area contributed by atoms with Crippen LogP contribution in [0.2, 0.25) is 0 Å². The van der Waals surface area contributed by atoms with E-state index in [1.807, 2.05) is 12.1 Å². The zero-order chi connectivity index (χ0) is 26.6. The molecule has 2 aromatic carbocycles. The van der Waals surface area contributed by atoms with Gasteiger partial charge in [-0.3, -0.25) is 0 Å². The van der Waals surface area contributed by atoms with Gasteiger partial charge in [0.2, 0.25) is 0 Å². The summed E-state index contributed by atoms with van der Waals surface area (Å²) < 4.78 is 50.2. The summed E-state index contributed by atoms with van der Waals surface area (Å²) >= 11 is 1.44. The van der Waals surface area contributed by atoms with E-state index in [-0.39, 0.29) is 17.1 Å². The maximum atomic E-state index is 13.7. The van der Waals surface area contributed by atoms with Gasteiger partial charge in [-0.2, -0.15) is 5.10 Å². The smallest absolute Gasteiger partial charge is 0.194 e. The highest BCUT2D eigenvalue weighted by molar-refractivity contribution is 7.16. The number of halogens is 3. The predicted octanol–water partition coefficient (Wildman–Crippen LogP) is 1.95. The first-order valence-electron chi connectivity index (χ1n) is 11.3. The quantitative estimate of drug-likeness (QED) is 0.282. The molecule has 0 aliphatic carbocycles. The van der Waals surface area contributed by atoms with E-state index in [0.717, 1.165) is 27.0 Å². The minimum Gasteiger partial charge on any atom is -0.394 e. The van der Waals surface area contributed by atoms with Gasteiger partial charge < -0.3 is 20.1 Å². The van der Waals surface area contributed by atoms with Crippen molar-refractivity contribution in [2.75, 3.05) is 6.61 Å². The minimum atomic E-state index is -1.62. The normalized spacial score (nSPS) is 23.8. The van der Waals surface area contributed by atoms with Crippen molar-refractivity contribution >= 4 is 21.6 Å². The Morgan fingerprint density at radius 2 is 1.82 bits per heavy atom. The average molecular weight is 546 g/mol. The van der Waals surface area contributed by atoms with E-state index in [4.69, 9.17) is 4.74 Å². The second-order valence-corrected chi connectivity index (χ2v) is 9.51. The van der Waals surface area contributed by atoms with Gasteiger partial charge in [0.05, 0.1) is 34.2 Å². The van der Waals surface area contributed by atoms with E-state index in [2.05, 4.69) is 25.4 Å². The zero-order valence-electron chi connectivity index (χ0n) is 19.1. The van der Waals surface area contributed by atoms with E-state index in [9.17, 15) is 28.5 Å². The number of fused-ring (bicyclic) bond motifs is 1. The van der Waals surface area contributed by atoms with Crippen molar-refractivity contribution in [1.29, 1.82) is 0 Å². The number of thiazole rings is 1. The largest absolute Gasteiger partial charge is 0.394 e. The number of aromatic nitrogens is 7. The van der Waals surface area contributed by atoms with Crippen LogP contribution < -0.4 is 0 Å². The Hall–Kier alpha value is -3.76. The van der Waals surface area contributed by atoms with Crippen molar-refractivity contribution in [2.45, 2.75) is 30.5 Å². The minimum absolute atomic E-state index is 0.0354. The van der Waals surface area contributed by atoms with Gasteiger partial charge in [0.25, 0.3) is 0 Å². The van der Waals surface area contributed by atoms with Crippen LogP contribution in [0.3, 0.4) is 0 Å². The molecule has 0 amide bonds. The number of aliphatic hydroxyl groups is 3. The molecule has 1 fully saturated rings. The first-order valence-corrected chi connectivity index (χ1v) is 12.2. The molecule has 3 aromatic heterocycles. The lowest BCUT2D eigenvalue weighted by Crippen LogP contribution is -2.53. The Balaban J connectivity index is 1.36. The fourth-order valence-electron chi connectivity index (χ4n) is 4.50. The van der Waals surface area contributed by atoms with Crippen LogP contribution in [0.5, 0.6) is 0 Å². The lowest BCUT2D eigenvalue weighted by atomic mass is 9.92. The van der Waals surface area contributed by atoms with E-state index in [1.54, 1.807) is 11.6 Å². The van der Waals surface area contributed by atoms with Crippen molar-refractivity contribution in [1.82, 2.24) is 34.7 Å². The third-order valence-electron chi connectivity index (χ3n) is 6.38. The van der Waals surface area contributed by atoms with Crippen molar-refractivity contribution in [3.05, 3.63) is 71.6 Å². The molecule has 0 radical (unpaired) electrons. The van der Waals surface area contributed by atoms with Gasteiger partial charge in [-0.15, -0.1) is 16.4 Å². The molecule has 196 valence electrons. The first kappa shape index (κ1) is 24.6. The van der Waals surface area contributed by atoms with Gasteiger partial charge >= 0.3 is 0 Å². The molecule has 15 heteroatoms. The molecule has 1 aliphatic rings. The molecular weight excluding hydrogens is 527 g/mol. The second kappa shape index (κ2) is 9.52. The van der Waals surface area contributed by atoms with Gasteiger partial charge in [0.1, 0.15) is 42.5 Å². The van der Waals surface area contributed by atoms with Crippen molar-refractivity contribution < 1.29 is 33.2 Å². The van der Waals surface area contributed by atoms with Crippen molar-refractivity contribution in [3.8, 4) is 16.9 Å². The summed E-state index contributed by atoms with van der Waals surface area (Å²) in [6, 6.07) is 5.73. The summed E-state index contributed by atoms with van der Waals surface area (Å²) in [5.74, 6) is -4.24. The van der Waals surface area contributed by atoms with Crippen LogP contribution in [-0.2, 0) is 4.74 Å². The number of benzene rings is 2. The Labute approximate surface area is 215 Å². The highest BCUT2D eigenvalue weighted by Gasteiger charge is 2.48. The average Bonchev–Trinajstić information content (AvgIpc) is 3.68. The Kier molecular flexibility index (Phi) is 6.16. The molecule has 38 heavy (non-hydrogen) atoms. The number of aliphatic hydroxyl groups excluding tert-OH is 3. The van der Waals surface area contributed by atoms with Crippen molar-refractivity contribution in [3.63, 3.8) is 0 Å². The predicted molar refractivity (Wildman–Crippen MR) is 126 cm³/mol. The fraction of sp³-hybridized carbons (Fsp3) is 0.261. The molecule has 0 unspecified atom stereocenters. The topological polar surface area (TPSA) is 144 Å². The summed E-state index contributed by atoms with van der Waals surface area (Å²) in [5.41, 5.74) is 3.00. The van der Waals surface area contributed by atoms with E-state index in [1.165, 1.54) is 28.5 Å². The number of ether oxygens (including phenoxy) is 1. The van der Waals surface area contributed by atoms with Crippen LogP contribution in [0.1, 0.15) is 18.0 Å². The lowest BCUT2D eigenvalue weighted by Gasteiger charge is -2.41. The number of rotatable bonds is 5.